The van der Waals surface area contributed by atoms with Crippen LogP contribution in [-0.2, 0) is 0 Å². The number of hydrogen-bond donors (Lipinski definition) is 1. The van der Waals surface area contributed by atoms with Crippen molar-refractivity contribution in [1.82, 2.24) is 10.2 Å². The fourth-order valence-electron chi connectivity index (χ4n) is 2.59. The minimum Gasteiger partial charge on any atom is -0.492 e. The predicted molar refractivity (Wildman–Crippen MR) is 79.7 cm³/mol. The third-order valence-corrected chi connectivity index (χ3v) is 4.16. The van der Waals surface area contributed by atoms with Crippen molar-refractivity contribution in [3.8, 4) is 5.75 Å². The zero-order valence-corrected chi connectivity index (χ0v) is 12.4. The maximum Gasteiger partial charge on any atom is 0.119 e. The number of hydrogen-bond acceptors (Lipinski definition) is 3. The molecule has 19 heavy (non-hydrogen) atoms. The summed E-state index contributed by atoms with van der Waals surface area (Å²) < 4.78 is 5.98. The summed E-state index contributed by atoms with van der Waals surface area (Å²) >= 11 is 0. The van der Waals surface area contributed by atoms with Crippen LogP contribution in [0.3, 0.4) is 0 Å². The number of rotatable bonds is 5. The van der Waals surface area contributed by atoms with Gasteiger partial charge in [-0.25, -0.2) is 0 Å². The second kappa shape index (κ2) is 6.92. The molecule has 0 amide bonds. The first-order valence-corrected chi connectivity index (χ1v) is 7.31. The molecule has 2 atom stereocenters. The van der Waals surface area contributed by atoms with Crippen molar-refractivity contribution in [3.05, 3.63) is 29.8 Å². The lowest BCUT2D eigenvalue weighted by atomic mass is 10.0. The molecule has 1 heterocycles. The number of likely N-dealkylation sites (tertiary alicyclic amines) is 1. The van der Waals surface area contributed by atoms with Crippen molar-refractivity contribution >= 4 is 0 Å². The van der Waals surface area contributed by atoms with E-state index in [1.165, 1.54) is 31.4 Å². The summed E-state index contributed by atoms with van der Waals surface area (Å²) in [6.07, 6.45) is 3.90. The SMILES string of the molecule is CNC(C)c1cccc(OCC2CCCCN2C)c1. The number of likely N-dealkylation sites (N-methyl/N-ethyl adjacent to an activating group) is 1. The standard InChI is InChI=1S/C16H26N2O/c1-13(17-2)14-7-6-9-16(11-14)19-12-15-8-4-5-10-18(15)3/h6-7,9,11,13,15,17H,4-5,8,10,12H2,1-3H3. The van der Waals surface area contributed by atoms with Gasteiger partial charge in [0.2, 0.25) is 0 Å². The molecule has 1 fully saturated rings. The molecule has 0 aromatic heterocycles. The summed E-state index contributed by atoms with van der Waals surface area (Å²) in [6, 6.07) is 9.34. The number of nitrogens with one attached hydrogen (secondary N) is 1. The molecule has 106 valence electrons. The molecule has 3 nitrogen and oxygen atoms in total. The van der Waals surface area contributed by atoms with Crippen LogP contribution < -0.4 is 10.1 Å². The van der Waals surface area contributed by atoms with Crippen molar-refractivity contribution in [1.29, 1.82) is 0 Å². The van der Waals surface area contributed by atoms with E-state index < -0.39 is 0 Å². The highest BCUT2D eigenvalue weighted by atomic mass is 16.5. The van der Waals surface area contributed by atoms with Crippen LogP contribution >= 0.6 is 0 Å². The Labute approximate surface area is 116 Å². The maximum atomic E-state index is 5.98. The van der Waals surface area contributed by atoms with Gasteiger partial charge < -0.3 is 15.0 Å². The van der Waals surface area contributed by atoms with Crippen molar-refractivity contribution in [2.75, 3.05) is 27.2 Å². The Kier molecular flexibility index (Phi) is 5.23. The molecular weight excluding hydrogens is 236 g/mol. The normalized spacial score (nSPS) is 22.2. The van der Waals surface area contributed by atoms with E-state index in [0.29, 0.717) is 12.1 Å². The van der Waals surface area contributed by atoms with Gasteiger partial charge in [-0.3, -0.25) is 0 Å². The lowest BCUT2D eigenvalue weighted by Gasteiger charge is -2.32. The van der Waals surface area contributed by atoms with Crippen LogP contribution in [0.25, 0.3) is 0 Å². The van der Waals surface area contributed by atoms with E-state index in [0.717, 1.165) is 12.4 Å². The fraction of sp³-hybridized carbons (Fsp3) is 0.625. The molecule has 1 saturated heterocycles. The summed E-state index contributed by atoms with van der Waals surface area (Å²) in [5, 5.41) is 3.26. The minimum absolute atomic E-state index is 0.362. The van der Waals surface area contributed by atoms with Crippen molar-refractivity contribution in [3.63, 3.8) is 0 Å². The third kappa shape index (κ3) is 3.95. The molecule has 2 rings (SSSR count). The fourth-order valence-corrected chi connectivity index (χ4v) is 2.59. The maximum absolute atomic E-state index is 5.98. The van der Waals surface area contributed by atoms with Crippen LogP contribution in [0.1, 0.15) is 37.8 Å². The average Bonchev–Trinajstić information content (AvgIpc) is 2.46. The Morgan fingerprint density at radius 1 is 1.42 bits per heavy atom. The molecule has 1 aliphatic heterocycles. The molecule has 0 radical (unpaired) electrons. The molecule has 1 aliphatic rings. The Morgan fingerprint density at radius 3 is 3.00 bits per heavy atom. The van der Waals surface area contributed by atoms with E-state index in [2.05, 4.69) is 48.5 Å². The Morgan fingerprint density at radius 2 is 2.26 bits per heavy atom. The molecule has 0 spiro atoms. The van der Waals surface area contributed by atoms with E-state index >= 15 is 0 Å². The first kappa shape index (κ1) is 14.4. The van der Waals surface area contributed by atoms with Crippen LogP contribution in [-0.4, -0.2) is 38.2 Å². The first-order valence-electron chi connectivity index (χ1n) is 7.31. The van der Waals surface area contributed by atoms with Gasteiger partial charge in [-0.05, 0) is 58.1 Å². The Balaban J connectivity index is 1.91. The summed E-state index contributed by atoms with van der Waals surface area (Å²) in [7, 11) is 4.18. The zero-order valence-electron chi connectivity index (χ0n) is 12.4. The molecule has 1 N–H and O–H groups in total. The molecule has 3 heteroatoms. The highest BCUT2D eigenvalue weighted by Gasteiger charge is 2.19. The highest BCUT2D eigenvalue weighted by Crippen LogP contribution is 2.21. The third-order valence-electron chi connectivity index (χ3n) is 4.16. The molecule has 0 bridgehead atoms. The molecule has 0 aliphatic carbocycles. The zero-order chi connectivity index (χ0) is 13.7. The van der Waals surface area contributed by atoms with Gasteiger partial charge in [0.15, 0.2) is 0 Å². The quantitative estimate of drug-likeness (QED) is 0.883. The molecule has 1 aromatic carbocycles. The van der Waals surface area contributed by atoms with Crippen LogP contribution in [0, 0.1) is 0 Å². The van der Waals surface area contributed by atoms with Crippen LogP contribution in [0.15, 0.2) is 24.3 Å². The average molecular weight is 262 g/mol. The first-order chi connectivity index (χ1) is 9.20. The monoisotopic (exact) mass is 262 g/mol. The van der Waals surface area contributed by atoms with Gasteiger partial charge in [-0.1, -0.05) is 18.6 Å². The topological polar surface area (TPSA) is 24.5 Å². The van der Waals surface area contributed by atoms with E-state index in [-0.39, 0.29) is 0 Å². The van der Waals surface area contributed by atoms with E-state index in [9.17, 15) is 0 Å². The molecule has 2 unspecified atom stereocenters. The number of benzene rings is 1. The van der Waals surface area contributed by atoms with Gasteiger partial charge in [-0.15, -0.1) is 0 Å². The number of piperidine rings is 1. The summed E-state index contributed by atoms with van der Waals surface area (Å²) in [5.41, 5.74) is 1.27. The molecule has 0 saturated carbocycles. The summed E-state index contributed by atoms with van der Waals surface area (Å²) in [4.78, 5) is 2.42. The van der Waals surface area contributed by atoms with Gasteiger partial charge in [0.1, 0.15) is 12.4 Å². The van der Waals surface area contributed by atoms with Gasteiger partial charge in [0.05, 0.1) is 0 Å². The van der Waals surface area contributed by atoms with Crippen LogP contribution in [0.5, 0.6) is 5.75 Å². The van der Waals surface area contributed by atoms with Crippen molar-refractivity contribution in [2.24, 2.45) is 0 Å². The van der Waals surface area contributed by atoms with Gasteiger partial charge in [0, 0.05) is 12.1 Å². The summed E-state index contributed by atoms with van der Waals surface area (Å²) in [5.74, 6) is 0.985. The Hall–Kier alpha value is -1.06. The van der Waals surface area contributed by atoms with Crippen LogP contribution in [0.2, 0.25) is 0 Å². The lowest BCUT2D eigenvalue weighted by Crippen LogP contribution is -2.40. The molecular formula is C16H26N2O. The molecule has 1 aromatic rings. The van der Waals surface area contributed by atoms with Gasteiger partial charge >= 0.3 is 0 Å². The minimum atomic E-state index is 0.362. The number of nitrogens with zero attached hydrogens (tertiary/aromatic N) is 1. The second-order valence-electron chi connectivity index (χ2n) is 5.52. The van der Waals surface area contributed by atoms with E-state index in [4.69, 9.17) is 4.74 Å². The van der Waals surface area contributed by atoms with Gasteiger partial charge in [-0.2, -0.15) is 0 Å². The second-order valence-corrected chi connectivity index (χ2v) is 5.52. The highest BCUT2D eigenvalue weighted by molar-refractivity contribution is 5.30. The predicted octanol–water partition coefficient (Wildman–Crippen LogP) is 2.83. The van der Waals surface area contributed by atoms with Gasteiger partial charge in [0.25, 0.3) is 0 Å². The van der Waals surface area contributed by atoms with Crippen LogP contribution in [0.4, 0.5) is 0 Å². The smallest absolute Gasteiger partial charge is 0.119 e. The van der Waals surface area contributed by atoms with Crippen molar-refractivity contribution in [2.45, 2.75) is 38.3 Å². The largest absolute Gasteiger partial charge is 0.492 e. The lowest BCUT2D eigenvalue weighted by molar-refractivity contribution is 0.125. The number of ether oxygens (including phenoxy) is 1. The van der Waals surface area contributed by atoms with E-state index in [1.54, 1.807) is 0 Å². The van der Waals surface area contributed by atoms with E-state index in [1.807, 2.05) is 7.05 Å². The summed E-state index contributed by atoms with van der Waals surface area (Å²) in [6.45, 7) is 4.16. The Bertz CT molecular complexity index is 394. The van der Waals surface area contributed by atoms with Crippen molar-refractivity contribution < 1.29 is 4.74 Å².